The van der Waals surface area contributed by atoms with Gasteiger partial charge in [-0.1, -0.05) is 30.3 Å². The number of ketones is 2. The summed E-state index contributed by atoms with van der Waals surface area (Å²) in [4.78, 5) is 24.2. The van der Waals surface area contributed by atoms with Crippen molar-refractivity contribution in [2.75, 3.05) is 13.2 Å². The molecule has 4 nitrogen and oxygen atoms in total. The lowest BCUT2D eigenvalue weighted by atomic mass is 10.0. The molecule has 0 saturated heterocycles. The van der Waals surface area contributed by atoms with E-state index in [1.807, 2.05) is 6.07 Å². The molecule has 21 heavy (non-hydrogen) atoms. The van der Waals surface area contributed by atoms with Crippen LogP contribution >= 0.6 is 0 Å². The van der Waals surface area contributed by atoms with Crippen LogP contribution in [0.2, 0.25) is 0 Å². The average Bonchev–Trinajstić information content (AvgIpc) is 2.55. The van der Waals surface area contributed by atoms with E-state index in [1.165, 1.54) is 0 Å². The summed E-state index contributed by atoms with van der Waals surface area (Å²) in [5, 5.41) is 0. The average molecular weight is 282 g/mol. The molecule has 0 amide bonds. The van der Waals surface area contributed by atoms with Crippen LogP contribution in [0.25, 0.3) is 0 Å². The van der Waals surface area contributed by atoms with Gasteiger partial charge in [0.25, 0.3) is 0 Å². The number of carbonyl (C=O) groups is 2. The molecule has 0 spiro atoms. The Morgan fingerprint density at radius 1 is 0.810 bits per heavy atom. The minimum Gasteiger partial charge on any atom is -0.486 e. The summed E-state index contributed by atoms with van der Waals surface area (Å²) in [7, 11) is 0. The Labute approximate surface area is 122 Å². The van der Waals surface area contributed by atoms with E-state index in [-0.39, 0.29) is 18.0 Å². The van der Waals surface area contributed by atoms with Crippen LogP contribution in [0.3, 0.4) is 0 Å². The molecule has 3 rings (SSSR count). The molecule has 2 aromatic rings. The molecular formula is C17H14O4. The number of hydrogen-bond acceptors (Lipinski definition) is 4. The summed E-state index contributed by atoms with van der Waals surface area (Å²) in [6.07, 6.45) is -0.149. The first kappa shape index (κ1) is 13.4. The van der Waals surface area contributed by atoms with Gasteiger partial charge in [-0.25, -0.2) is 0 Å². The second-order valence-electron chi connectivity index (χ2n) is 4.75. The van der Waals surface area contributed by atoms with Crippen molar-refractivity contribution in [1.29, 1.82) is 0 Å². The third-order valence-electron chi connectivity index (χ3n) is 3.28. The van der Waals surface area contributed by atoms with E-state index < -0.39 is 0 Å². The zero-order chi connectivity index (χ0) is 14.7. The minimum atomic E-state index is -0.221. The summed E-state index contributed by atoms with van der Waals surface area (Å²) in [5.41, 5.74) is 1.01. The van der Waals surface area contributed by atoms with Crippen LogP contribution in [-0.4, -0.2) is 24.8 Å². The topological polar surface area (TPSA) is 52.6 Å². The largest absolute Gasteiger partial charge is 0.486 e. The van der Waals surface area contributed by atoms with Crippen LogP contribution < -0.4 is 9.47 Å². The molecule has 2 aromatic carbocycles. The van der Waals surface area contributed by atoms with Crippen LogP contribution in [0, 0.1) is 0 Å². The molecule has 0 bridgehead atoms. The molecule has 4 heteroatoms. The van der Waals surface area contributed by atoms with Crippen molar-refractivity contribution in [3.63, 3.8) is 0 Å². The molecule has 0 unspecified atom stereocenters. The maximum Gasteiger partial charge on any atom is 0.170 e. The van der Waals surface area contributed by atoms with Gasteiger partial charge in [0.1, 0.15) is 13.2 Å². The lowest BCUT2D eigenvalue weighted by Crippen LogP contribution is -2.16. The summed E-state index contributed by atoms with van der Waals surface area (Å²) in [5.74, 6) is 0.780. The highest BCUT2D eigenvalue weighted by molar-refractivity contribution is 6.13. The summed E-state index contributed by atoms with van der Waals surface area (Å²) >= 11 is 0. The number of ether oxygens (including phenoxy) is 2. The van der Waals surface area contributed by atoms with Crippen LogP contribution in [0.1, 0.15) is 27.1 Å². The number of benzene rings is 2. The van der Waals surface area contributed by atoms with Crippen LogP contribution in [-0.2, 0) is 0 Å². The Bertz CT molecular complexity index is 676. The molecule has 0 fully saturated rings. The van der Waals surface area contributed by atoms with Gasteiger partial charge in [-0.3, -0.25) is 9.59 Å². The van der Waals surface area contributed by atoms with Crippen molar-refractivity contribution >= 4 is 11.6 Å². The highest BCUT2D eigenvalue weighted by atomic mass is 16.6. The zero-order valence-corrected chi connectivity index (χ0v) is 11.4. The molecule has 0 aliphatic carbocycles. The fraction of sp³-hybridized carbons (Fsp3) is 0.176. The number of fused-ring (bicyclic) bond motifs is 1. The lowest BCUT2D eigenvalue weighted by Gasteiger charge is -2.18. The van der Waals surface area contributed by atoms with E-state index in [0.717, 1.165) is 0 Å². The fourth-order valence-corrected chi connectivity index (χ4v) is 2.19. The maximum atomic E-state index is 12.2. The molecule has 1 heterocycles. The van der Waals surface area contributed by atoms with E-state index in [0.29, 0.717) is 35.8 Å². The van der Waals surface area contributed by atoms with Gasteiger partial charge in [-0.2, -0.15) is 0 Å². The Balaban J connectivity index is 1.75. The number of rotatable bonds is 4. The third kappa shape index (κ3) is 2.94. The van der Waals surface area contributed by atoms with Gasteiger partial charge in [0.15, 0.2) is 23.1 Å². The normalized spacial score (nSPS) is 12.8. The number of carbonyl (C=O) groups excluding carboxylic acids is 2. The van der Waals surface area contributed by atoms with Gasteiger partial charge >= 0.3 is 0 Å². The predicted octanol–water partition coefficient (Wildman–Crippen LogP) is 2.91. The van der Waals surface area contributed by atoms with E-state index in [9.17, 15) is 9.59 Å². The highest BCUT2D eigenvalue weighted by Gasteiger charge is 2.17. The van der Waals surface area contributed by atoms with Gasteiger partial charge in [-0.05, 0) is 18.2 Å². The second-order valence-corrected chi connectivity index (χ2v) is 4.75. The smallest absolute Gasteiger partial charge is 0.170 e. The molecule has 1 aliphatic rings. The first-order valence-corrected chi connectivity index (χ1v) is 6.75. The lowest BCUT2D eigenvalue weighted by molar-refractivity contribution is 0.0893. The van der Waals surface area contributed by atoms with Crippen LogP contribution in [0.15, 0.2) is 48.5 Å². The molecule has 0 N–H and O–H groups in total. The van der Waals surface area contributed by atoms with Crippen molar-refractivity contribution in [3.8, 4) is 11.5 Å². The summed E-state index contributed by atoms with van der Waals surface area (Å²) < 4.78 is 10.8. The Hall–Kier alpha value is -2.62. The first-order chi connectivity index (χ1) is 10.2. The third-order valence-corrected chi connectivity index (χ3v) is 3.28. The SMILES string of the molecule is O=C(CC(=O)c1ccc2c(c1)OCCO2)c1ccccc1. The Morgan fingerprint density at radius 3 is 2.24 bits per heavy atom. The standard InChI is InChI=1S/C17H14O4/c18-14(12-4-2-1-3-5-12)11-15(19)13-6-7-16-17(10-13)21-9-8-20-16/h1-7,10H,8-9,11H2. The fourth-order valence-electron chi connectivity index (χ4n) is 2.19. The van der Waals surface area contributed by atoms with Crippen LogP contribution in [0.4, 0.5) is 0 Å². The van der Waals surface area contributed by atoms with Crippen molar-refractivity contribution in [2.45, 2.75) is 6.42 Å². The Kier molecular flexibility index (Phi) is 3.69. The summed E-state index contributed by atoms with van der Waals surface area (Å²) in [6.45, 7) is 0.973. The molecule has 0 saturated carbocycles. The Morgan fingerprint density at radius 2 is 1.48 bits per heavy atom. The van der Waals surface area contributed by atoms with Gasteiger partial charge in [0.2, 0.25) is 0 Å². The summed E-state index contributed by atoms with van der Waals surface area (Å²) in [6, 6.07) is 13.8. The first-order valence-electron chi connectivity index (χ1n) is 6.75. The van der Waals surface area contributed by atoms with E-state index in [1.54, 1.807) is 42.5 Å². The van der Waals surface area contributed by atoms with Crippen molar-refractivity contribution in [3.05, 3.63) is 59.7 Å². The zero-order valence-electron chi connectivity index (χ0n) is 11.4. The molecule has 1 aliphatic heterocycles. The maximum absolute atomic E-state index is 12.2. The number of Topliss-reactive ketones (excluding diaryl/α,β-unsaturated/α-hetero) is 2. The van der Waals surface area contributed by atoms with Crippen molar-refractivity contribution in [2.24, 2.45) is 0 Å². The minimum absolute atomic E-state index is 0.149. The molecule has 0 radical (unpaired) electrons. The van der Waals surface area contributed by atoms with E-state index in [4.69, 9.17) is 9.47 Å². The van der Waals surface area contributed by atoms with Gasteiger partial charge < -0.3 is 9.47 Å². The molecule has 106 valence electrons. The quantitative estimate of drug-likeness (QED) is 0.639. The van der Waals surface area contributed by atoms with E-state index in [2.05, 4.69) is 0 Å². The van der Waals surface area contributed by atoms with Gasteiger partial charge in [0, 0.05) is 11.1 Å². The molecule has 0 atom stereocenters. The monoisotopic (exact) mass is 282 g/mol. The van der Waals surface area contributed by atoms with E-state index >= 15 is 0 Å². The molecular weight excluding hydrogens is 268 g/mol. The second kappa shape index (κ2) is 5.79. The van der Waals surface area contributed by atoms with Crippen LogP contribution in [0.5, 0.6) is 11.5 Å². The molecule has 0 aromatic heterocycles. The van der Waals surface area contributed by atoms with Gasteiger partial charge in [-0.15, -0.1) is 0 Å². The van der Waals surface area contributed by atoms with Crippen molar-refractivity contribution in [1.82, 2.24) is 0 Å². The number of hydrogen-bond donors (Lipinski definition) is 0. The highest BCUT2D eigenvalue weighted by Crippen LogP contribution is 2.31. The van der Waals surface area contributed by atoms with Crippen molar-refractivity contribution < 1.29 is 19.1 Å². The van der Waals surface area contributed by atoms with Gasteiger partial charge in [0.05, 0.1) is 6.42 Å². The predicted molar refractivity (Wildman–Crippen MR) is 77.2 cm³/mol.